The Kier molecular flexibility index (Phi) is 3.08. The van der Waals surface area contributed by atoms with Crippen molar-refractivity contribution < 1.29 is 4.74 Å². The van der Waals surface area contributed by atoms with Crippen LogP contribution in [0, 0.1) is 6.92 Å². The van der Waals surface area contributed by atoms with E-state index in [0.29, 0.717) is 6.61 Å². The average Bonchev–Trinajstić information content (AvgIpc) is 2.09. The molecule has 0 aliphatic heterocycles. The topological polar surface area (TPSA) is 68.1 Å². The minimum Gasteiger partial charge on any atom is -0.394 e. The number of nitrogen functional groups attached to an aromatic ring is 1. The molecule has 1 rings (SSSR count). The van der Waals surface area contributed by atoms with Crippen molar-refractivity contribution in [2.75, 3.05) is 19.5 Å². The van der Waals surface area contributed by atoms with Gasteiger partial charge in [0.25, 0.3) is 5.56 Å². The maximum absolute atomic E-state index is 11.1. The number of nitrogens with one attached hydrogen (secondary N) is 1. The van der Waals surface area contributed by atoms with Crippen molar-refractivity contribution in [3.05, 3.63) is 27.7 Å². The fourth-order valence-corrected chi connectivity index (χ4v) is 1.16. The molecule has 0 radical (unpaired) electrons. The van der Waals surface area contributed by atoms with Gasteiger partial charge in [-0.15, -0.1) is 0 Å². The van der Waals surface area contributed by atoms with Gasteiger partial charge in [-0.2, -0.15) is 0 Å². The minimum absolute atomic E-state index is 0.223. The van der Waals surface area contributed by atoms with Gasteiger partial charge in [-0.1, -0.05) is 0 Å². The summed E-state index contributed by atoms with van der Waals surface area (Å²) in [5.41, 5.74) is 7.40. The molecule has 1 heterocycles. The van der Waals surface area contributed by atoms with E-state index in [2.05, 4.69) is 4.98 Å². The lowest BCUT2D eigenvalue weighted by molar-refractivity contribution is 0.202. The third-order valence-electron chi connectivity index (χ3n) is 1.95. The Balaban J connectivity index is 2.95. The van der Waals surface area contributed by atoms with Crippen LogP contribution < -0.4 is 11.3 Å². The highest BCUT2D eigenvalue weighted by Gasteiger charge is 2.02. The van der Waals surface area contributed by atoms with Crippen LogP contribution in [0.1, 0.15) is 11.3 Å². The van der Waals surface area contributed by atoms with Crippen LogP contribution in [-0.2, 0) is 11.2 Å². The van der Waals surface area contributed by atoms with Crippen LogP contribution in [0.25, 0.3) is 0 Å². The van der Waals surface area contributed by atoms with Gasteiger partial charge in [-0.25, -0.2) is 0 Å². The standard InChI is InChI=1S/C9H14N2O2/c1-6-7(3-4-13-2)5-8(10)9(12)11-6/h5H,3-4,10H2,1-2H3,(H,11,12). The monoisotopic (exact) mass is 182 g/mol. The Hall–Kier alpha value is -1.29. The summed E-state index contributed by atoms with van der Waals surface area (Å²) in [5, 5.41) is 0. The van der Waals surface area contributed by atoms with Crippen LogP contribution in [0.3, 0.4) is 0 Å². The van der Waals surface area contributed by atoms with Crippen LogP contribution in [0.4, 0.5) is 5.69 Å². The number of hydrogen-bond acceptors (Lipinski definition) is 3. The molecule has 1 aromatic rings. The van der Waals surface area contributed by atoms with E-state index in [9.17, 15) is 4.79 Å². The smallest absolute Gasteiger partial charge is 0.271 e. The Morgan fingerprint density at radius 1 is 1.62 bits per heavy atom. The summed E-state index contributed by atoms with van der Waals surface area (Å²) in [4.78, 5) is 13.7. The summed E-state index contributed by atoms with van der Waals surface area (Å²) in [5.74, 6) is 0. The molecule has 0 aromatic carbocycles. The maximum atomic E-state index is 11.1. The van der Waals surface area contributed by atoms with Gasteiger partial charge in [-0.05, 0) is 25.0 Å². The summed E-state index contributed by atoms with van der Waals surface area (Å²) in [7, 11) is 1.64. The number of H-pyrrole nitrogens is 1. The molecule has 1 aromatic heterocycles. The molecular formula is C9H14N2O2. The van der Waals surface area contributed by atoms with Crippen molar-refractivity contribution in [2.45, 2.75) is 13.3 Å². The van der Waals surface area contributed by atoms with Gasteiger partial charge in [0, 0.05) is 12.8 Å². The second-order valence-electron chi connectivity index (χ2n) is 2.95. The molecule has 13 heavy (non-hydrogen) atoms. The molecule has 0 saturated carbocycles. The average molecular weight is 182 g/mol. The highest BCUT2D eigenvalue weighted by molar-refractivity contribution is 5.39. The molecule has 0 spiro atoms. The lowest BCUT2D eigenvalue weighted by atomic mass is 10.1. The van der Waals surface area contributed by atoms with Crippen LogP contribution in [-0.4, -0.2) is 18.7 Å². The van der Waals surface area contributed by atoms with Crippen molar-refractivity contribution in [2.24, 2.45) is 0 Å². The minimum atomic E-state index is -0.223. The van der Waals surface area contributed by atoms with E-state index >= 15 is 0 Å². The number of nitrogens with two attached hydrogens (primary N) is 1. The van der Waals surface area contributed by atoms with Gasteiger partial charge >= 0.3 is 0 Å². The zero-order valence-electron chi connectivity index (χ0n) is 7.89. The molecule has 0 amide bonds. The second-order valence-corrected chi connectivity index (χ2v) is 2.95. The van der Waals surface area contributed by atoms with Gasteiger partial charge in [-0.3, -0.25) is 4.79 Å². The Bertz CT molecular complexity index is 344. The molecule has 0 unspecified atom stereocenters. The fraction of sp³-hybridized carbons (Fsp3) is 0.444. The van der Waals surface area contributed by atoms with Crippen molar-refractivity contribution in [1.29, 1.82) is 0 Å². The molecule has 0 fully saturated rings. The molecule has 0 aliphatic rings. The van der Waals surface area contributed by atoms with Crippen molar-refractivity contribution in [1.82, 2.24) is 4.98 Å². The first kappa shape index (κ1) is 9.80. The van der Waals surface area contributed by atoms with Gasteiger partial charge in [0.05, 0.1) is 12.3 Å². The van der Waals surface area contributed by atoms with Gasteiger partial charge in [0.15, 0.2) is 0 Å². The number of pyridine rings is 1. The molecule has 4 heteroatoms. The number of aromatic amines is 1. The highest BCUT2D eigenvalue weighted by Crippen LogP contribution is 2.06. The van der Waals surface area contributed by atoms with E-state index in [0.717, 1.165) is 17.7 Å². The van der Waals surface area contributed by atoms with E-state index in [4.69, 9.17) is 10.5 Å². The fourth-order valence-electron chi connectivity index (χ4n) is 1.16. The quantitative estimate of drug-likeness (QED) is 0.713. The Morgan fingerprint density at radius 2 is 2.31 bits per heavy atom. The summed E-state index contributed by atoms with van der Waals surface area (Å²) in [6.07, 6.45) is 0.767. The summed E-state index contributed by atoms with van der Waals surface area (Å²) in [6.45, 7) is 2.48. The molecule has 0 saturated heterocycles. The van der Waals surface area contributed by atoms with E-state index in [1.165, 1.54) is 0 Å². The predicted molar refractivity (Wildman–Crippen MR) is 51.8 cm³/mol. The molecule has 0 atom stereocenters. The molecule has 0 aliphatic carbocycles. The maximum Gasteiger partial charge on any atom is 0.271 e. The van der Waals surface area contributed by atoms with E-state index in [1.54, 1.807) is 13.2 Å². The van der Waals surface area contributed by atoms with Crippen LogP contribution >= 0.6 is 0 Å². The number of anilines is 1. The van der Waals surface area contributed by atoms with Gasteiger partial charge < -0.3 is 15.5 Å². The van der Waals surface area contributed by atoms with Crippen molar-refractivity contribution in [3.63, 3.8) is 0 Å². The van der Waals surface area contributed by atoms with Crippen molar-refractivity contribution >= 4 is 5.69 Å². The third-order valence-corrected chi connectivity index (χ3v) is 1.95. The van der Waals surface area contributed by atoms with Crippen molar-refractivity contribution in [3.8, 4) is 0 Å². The van der Waals surface area contributed by atoms with E-state index in [-0.39, 0.29) is 11.2 Å². The third kappa shape index (κ3) is 2.32. The van der Waals surface area contributed by atoms with E-state index in [1.807, 2.05) is 6.92 Å². The Morgan fingerprint density at radius 3 is 2.92 bits per heavy atom. The lowest BCUT2D eigenvalue weighted by Crippen LogP contribution is -2.14. The zero-order valence-corrected chi connectivity index (χ0v) is 7.89. The second kappa shape index (κ2) is 4.09. The first-order valence-corrected chi connectivity index (χ1v) is 4.12. The van der Waals surface area contributed by atoms with Crippen LogP contribution in [0.15, 0.2) is 10.9 Å². The zero-order chi connectivity index (χ0) is 9.84. The van der Waals surface area contributed by atoms with Crippen LogP contribution in [0.5, 0.6) is 0 Å². The summed E-state index contributed by atoms with van der Waals surface area (Å²) >= 11 is 0. The number of ether oxygens (including phenoxy) is 1. The first-order valence-electron chi connectivity index (χ1n) is 4.12. The van der Waals surface area contributed by atoms with Gasteiger partial charge in [0.1, 0.15) is 0 Å². The molecule has 4 nitrogen and oxygen atoms in total. The molecular weight excluding hydrogens is 168 g/mol. The molecule has 0 bridgehead atoms. The number of aromatic nitrogens is 1. The lowest BCUT2D eigenvalue weighted by Gasteiger charge is -2.05. The number of rotatable bonds is 3. The molecule has 72 valence electrons. The number of methoxy groups -OCH3 is 1. The normalized spacial score (nSPS) is 10.3. The largest absolute Gasteiger partial charge is 0.394 e. The predicted octanol–water partition coefficient (Wildman–Crippen LogP) is 0.454. The SMILES string of the molecule is COCCc1cc(N)c(=O)[nH]c1C. The summed E-state index contributed by atoms with van der Waals surface area (Å²) in [6, 6.07) is 1.70. The van der Waals surface area contributed by atoms with E-state index < -0.39 is 0 Å². The summed E-state index contributed by atoms with van der Waals surface area (Å²) < 4.78 is 4.94. The number of aryl methyl sites for hydroxylation is 1. The molecule has 3 N–H and O–H groups in total. The highest BCUT2D eigenvalue weighted by atomic mass is 16.5. The number of hydrogen-bond donors (Lipinski definition) is 2. The Labute approximate surface area is 76.7 Å². The van der Waals surface area contributed by atoms with Crippen LogP contribution in [0.2, 0.25) is 0 Å². The van der Waals surface area contributed by atoms with Gasteiger partial charge in [0.2, 0.25) is 0 Å². The first-order chi connectivity index (χ1) is 6.15.